The molecule has 0 aromatic carbocycles. The van der Waals surface area contributed by atoms with Crippen molar-refractivity contribution in [3.8, 4) is 5.82 Å². The minimum absolute atomic E-state index is 0.261. The first-order valence-electron chi connectivity index (χ1n) is 5.78. The predicted octanol–water partition coefficient (Wildman–Crippen LogP) is 2.01. The standard InChI is InChI=1S/C11H12BrN7/c1-5(2)7-6(12)9(13)19(18-7)11-8-10(15-3-14-8)16-4-17-11/h3-5H,13H2,1-2H3,(H,14,15,16,17). The van der Waals surface area contributed by atoms with Crippen LogP contribution in [0.1, 0.15) is 25.5 Å². The molecule has 3 heterocycles. The third-order valence-corrected chi connectivity index (χ3v) is 3.65. The smallest absolute Gasteiger partial charge is 0.184 e. The SMILES string of the molecule is CC(C)c1nn(-c2ncnc3nc[nH]c23)c(N)c1Br. The highest BCUT2D eigenvalue weighted by Crippen LogP contribution is 2.31. The van der Waals surface area contributed by atoms with Crippen LogP contribution in [-0.4, -0.2) is 29.7 Å². The number of imidazole rings is 1. The number of aromatic amines is 1. The number of nitrogens with zero attached hydrogens (tertiary/aromatic N) is 5. The van der Waals surface area contributed by atoms with Gasteiger partial charge in [-0.1, -0.05) is 13.8 Å². The molecule has 7 nitrogen and oxygen atoms in total. The quantitative estimate of drug-likeness (QED) is 0.752. The number of halogens is 1. The van der Waals surface area contributed by atoms with Gasteiger partial charge in [-0.25, -0.2) is 15.0 Å². The highest BCUT2D eigenvalue weighted by Gasteiger charge is 2.19. The molecular weight excluding hydrogens is 310 g/mol. The first kappa shape index (κ1) is 12.1. The molecule has 0 saturated heterocycles. The van der Waals surface area contributed by atoms with E-state index < -0.39 is 0 Å². The second-order valence-corrected chi connectivity index (χ2v) is 5.24. The van der Waals surface area contributed by atoms with Gasteiger partial charge in [-0.2, -0.15) is 9.78 Å². The third kappa shape index (κ3) is 1.79. The molecule has 0 aliphatic rings. The van der Waals surface area contributed by atoms with Crippen molar-refractivity contribution in [2.45, 2.75) is 19.8 Å². The summed E-state index contributed by atoms with van der Waals surface area (Å²) in [4.78, 5) is 15.4. The number of H-pyrrole nitrogens is 1. The monoisotopic (exact) mass is 321 g/mol. The van der Waals surface area contributed by atoms with Crippen molar-refractivity contribution in [1.82, 2.24) is 29.7 Å². The average Bonchev–Trinajstić information content (AvgIpc) is 2.96. The Morgan fingerprint density at radius 1 is 1.32 bits per heavy atom. The number of hydrogen-bond acceptors (Lipinski definition) is 5. The largest absolute Gasteiger partial charge is 0.383 e. The van der Waals surface area contributed by atoms with Gasteiger partial charge in [0.15, 0.2) is 11.5 Å². The lowest BCUT2D eigenvalue weighted by Gasteiger charge is -2.03. The summed E-state index contributed by atoms with van der Waals surface area (Å²) in [7, 11) is 0. The second-order valence-electron chi connectivity index (χ2n) is 4.45. The Morgan fingerprint density at radius 3 is 2.79 bits per heavy atom. The first-order chi connectivity index (χ1) is 9.09. The zero-order valence-electron chi connectivity index (χ0n) is 10.4. The topological polar surface area (TPSA) is 98.3 Å². The number of nitrogens with two attached hydrogens (primary N) is 1. The Kier molecular flexibility index (Phi) is 2.74. The molecule has 3 aromatic heterocycles. The molecular formula is C11H12BrN7. The van der Waals surface area contributed by atoms with E-state index in [0.717, 1.165) is 10.2 Å². The van der Waals surface area contributed by atoms with Crippen molar-refractivity contribution in [1.29, 1.82) is 0 Å². The minimum Gasteiger partial charge on any atom is -0.383 e. The van der Waals surface area contributed by atoms with E-state index in [1.54, 1.807) is 11.0 Å². The maximum atomic E-state index is 6.09. The molecule has 3 aromatic rings. The van der Waals surface area contributed by atoms with E-state index >= 15 is 0 Å². The van der Waals surface area contributed by atoms with Gasteiger partial charge < -0.3 is 10.7 Å². The van der Waals surface area contributed by atoms with Crippen LogP contribution in [0.4, 0.5) is 5.82 Å². The summed E-state index contributed by atoms with van der Waals surface area (Å²) in [5.41, 5.74) is 8.28. The summed E-state index contributed by atoms with van der Waals surface area (Å²) >= 11 is 3.48. The first-order valence-corrected chi connectivity index (χ1v) is 6.57. The maximum Gasteiger partial charge on any atom is 0.184 e. The van der Waals surface area contributed by atoms with Crippen LogP contribution in [0.3, 0.4) is 0 Å². The number of rotatable bonds is 2. The summed E-state index contributed by atoms with van der Waals surface area (Å²) in [6.45, 7) is 4.12. The molecule has 0 aliphatic heterocycles. The van der Waals surface area contributed by atoms with Crippen molar-refractivity contribution in [3.63, 3.8) is 0 Å². The van der Waals surface area contributed by atoms with Gasteiger partial charge in [0.2, 0.25) is 0 Å². The van der Waals surface area contributed by atoms with Crippen molar-refractivity contribution in [3.05, 3.63) is 22.8 Å². The Balaban J connectivity index is 2.27. The van der Waals surface area contributed by atoms with E-state index in [4.69, 9.17) is 5.73 Å². The highest BCUT2D eigenvalue weighted by atomic mass is 79.9. The normalized spacial score (nSPS) is 11.6. The number of hydrogen-bond donors (Lipinski definition) is 2. The van der Waals surface area contributed by atoms with Crippen molar-refractivity contribution < 1.29 is 0 Å². The van der Waals surface area contributed by atoms with E-state index in [1.807, 2.05) is 0 Å². The van der Waals surface area contributed by atoms with Crippen LogP contribution in [0.5, 0.6) is 0 Å². The van der Waals surface area contributed by atoms with E-state index in [1.165, 1.54) is 6.33 Å². The van der Waals surface area contributed by atoms with Crippen LogP contribution in [0.2, 0.25) is 0 Å². The number of anilines is 1. The van der Waals surface area contributed by atoms with Crippen molar-refractivity contribution in [2.24, 2.45) is 0 Å². The summed E-state index contributed by atoms with van der Waals surface area (Å²) in [6, 6.07) is 0. The fourth-order valence-electron chi connectivity index (χ4n) is 1.87. The molecule has 3 N–H and O–H groups in total. The lowest BCUT2D eigenvalue weighted by atomic mass is 10.1. The van der Waals surface area contributed by atoms with Crippen LogP contribution in [0.15, 0.2) is 17.1 Å². The minimum atomic E-state index is 0.261. The molecule has 0 unspecified atom stereocenters. The third-order valence-electron chi connectivity index (χ3n) is 2.84. The van der Waals surface area contributed by atoms with Gasteiger partial charge in [0.05, 0.1) is 16.5 Å². The number of nitrogen functional groups attached to an aromatic ring is 1. The van der Waals surface area contributed by atoms with Gasteiger partial charge in [0, 0.05) is 0 Å². The van der Waals surface area contributed by atoms with E-state index in [2.05, 4.69) is 54.8 Å². The summed E-state index contributed by atoms with van der Waals surface area (Å²) < 4.78 is 2.40. The molecule has 0 radical (unpaired) electrons. The van der Waals surface area contributed by atoms with E-state index in [-0.39, 0.29) is 5.92 Å². The van der Waals surface area contributed by atoms with Crippen LogP contribution in [-0.2, 0) is 0 Å². The zero-order valence-corrected chi connectivity index (χ0v) is 12.0. The molecule has 3 rings (SSSR count). The number of fused-ring (bicyclic) bond motifs is 1. The fourth-order valence-corrected chi connectivity index (χ4v) is 2.58. The van der Waals surface area contributed by atoms with E-state index in [0.29, 0.717) is 22.8 Å². The van der Waals surface area contributed by atoms with Crippen LogP contribution in [0, 0.1) is 0 Å². The predicted molar refractivity (Wildman–Crippen MR) is 75.0 cm³/mol. The van der Waals surface area contributed by atoms with Crippen LogP contribution in [0.25, 0.3) is 17.0 Å². The Bertz CT molecular complexity index is 743. The molecule has 0 aliphatic carbocycles. The second kappa shape index (κ2) is 4.30. The maximum absolute atomic E-state index is 6.09. The molecule has 0 spiro atoms. The molecule has 0 fully saturated rings. The highest BCUT2D eigenvalue weighted by molar-refractivity contribution is 9.10. The lowest BCUT2D eigenvalue weighted by Crippen LogP contribution is -2.06. The van der Waals surface area contributed by atoms with E-state index in [9.17, 15) is 0 Å². The van der Waals surface area contributed by atoms with Crippen molar-refractivity contribution >= 4 is 32.9 Å². The molecule has 19 heavy (non-hydrogen) atoms. The zero-order chi connectivity index (χ0) is 13.6. The molecule has 98 valence electrons. The van der Waals surface area contributed by atoms with Gasteiger partial charge >= 0.3 is 0 Å². The molecule has 0 saturated carbocycles. The summed E-state index contributed by atoms with van der Waals surface area (Å²) in [5, 5.41) is 4.52. The Morgan fingerprint density at radius 2 is 2.11 bits per heavy atom. The summed E-state index contributed by atoms with van der Waals surface area (Å²) in [5.74, 6) is 1.36. The lowest BCUT2D eigenvalue weighted by molar-refractivity contribution is 0.760. The molecule has 0 atom stereocenters. The molecule has 0 bridgehead atoms. The number of nitrogens with one attached hydrogen (secondary N) is 1. The molecule has 0 amide bonds. The van der Waals surface area contributed by atoms with Gasteiger partial charge in [-0.05, 0) is 21.8 Å². The molecule has 8 heteroatoms. The van der Waals surface area contributed by atoms with Crippen molar-refractivity contribution in [2.75, 3.05) is 5.73 Å². The fraction of sp³-hybridized carbons (Fsp3) is 0.273. The Hall–Kier alpha value is -1.96. The van der Waals surface area contributed by atoms with Crippen LogP contribution >= 0.6 is 15.9 Å². The summed E-state index contributed by atoms with van der Waals surface area (Å²) in [6.07, 6.45) is 3.02. The van der Waals surface area contributed by atoms with Gasteiger partial charge in [0.1, 0.15) is 17.7 Å². The Labute approximate surface area is 117 Å². The number of aromatic nitrogens is 6. The van der Waals surface area contributed by atoms with Gasteiger partial charge in [-0.15, -0.1) is 0 Å². The van der Waals surface area contributed by atoms with Crippen LogP contribution < -0.4 is 5.73 Å². The average molecular weight is 322 g/mol. The van der Waals surface area contributed by atoms with Gasteiger partial charge in [-0.3, -0.25) is 0 Å². The van der Waals surface area contributed by atoms with Gasteiger partial charge in [0.25, 0.3) is 0 Å².